The van der Waals surface area contributed by atoms with Gasteiger partial charge in [-0.15, -0.1) is 11.6 Å². The highest BCUT2D eigenvalue weighted by molar-refractivity contribution is 6.21. The second kappa shape index (κ2) is 6.62. The quantitative estimate of drug-likeness (QED) is 0.824. The summed E-state index contributed by atoms with van der Waals surface area (Å²) in [5.74, 6) is 0.284. The van der Waals surface area contributed by atoms with Crippen LogP contribution >= 0.6 is 11.6 Å². The molecule has 1 N–H and O–H groups in total. The van der Waals surface area contributed by atoms with Gasteiger partial charge in [0.05, 0.1) is 5.38 Å². The second-order valence-electron chi connectivity index (χ2n) is 6.41. The molecule has 2 atom stereocenters. The third-order valence-electron chi connectivity index (χ3n) is 4.44. The van der Waals surface area contributed by atoms with Crippen LogP contribution in [-0.2, 0) is 4.79 Å². The van der Waals surface area contributed by atoms with Gasteiger partial charge in [-0.3, -0.25) is 4.79 Å². The summed E-state index contributed by atoms with van der Waals surface area (Å²) in [6.45, 7) is 4.90. The number of halogens is 1. The Morgan fingerprint density at radius 1 is 1.35 bits per heavy atom. The van der Waals surface area contributed by atoms with Crippen LogP contribution in [0.25, 0.3) is 0 Å². The summed E-state index contributed by atoms with van der Waals surface area (Å²) >= 11 is 6.35. The van der Waals surface area contributed by atoms with Gasteiger partial charge in [0.15, 0.2) is 0 Å². The smallest absolute Gasteiger partial charge is 0.223 e. The second-order valence-corrected chi connectivity index (χ2v) is 6.94. The lowest BCUT2D eigenvalue weighted by molar-refractivity contribution is -0.130. The summed E-state index contributed by atoms with van der Waals surface area (Å²) < 4.78 is 0. The maximum atomic E-state index is 12.4. The number of rotatable bonds is 4. The van der Waals surface area contributed by atoms with Crippen molar-refractivity contribution in [2.24, 2.45) is 11.3 Å². The van der Waals surface area contributed by atoms with Crippen LogP contribution in [0.2, 0.25) is 0 Å². The fourth-order valence-corrected chi connectivity index (χ4v) is 3.30. The van der Waals surface area contributed by atoms with Crippen molar-refractivity contribution >= 4 is 17.5 Å². The van der Waals surface area contributed by atoms with Crippen LogP contribution in [0.15, 0.2) is 30.3 Å². The van der Waals surface area contributed by atoms with E-state index in [2.05, 4.69) is 19.2 Å². The van der Waals surface area contributed by atoms with E-state index in [1.54, 1.807) is 0 Å². The van der Waals surface area contributed by atoms with E-state index in [1.807, 2.05) is 30.3 Å². The Balaban J connectivity index is 1.89. The van der Waals surface area contributed by atoms with Crippen molar-refractivity contribution < 1.29 is 4.79 Å². The summed E-state index contributed by atoms with van der Waals surface area (Å²) in [4.78, 5) is 12.4. The molecule has 0 saturated heterocycles. The Labute approximate surface area is 126 Å². The van der Waals surface area contributed by atoms with E-state index >= 15 is 0 Å². The lowest BCUT2D eigenvalue weighted by Gasteiger charge is -2.37. The highest BCUT2D eigenvalue weighted by Crippen LogP contribution is 2.40. The Morgan fingerprint density at radius 2 is 2.05 bits per heavy atom. The Bertz CT molecular complexity index is 444. The van der Waals surface area contributed by atoms with Crippen LogP contribution in [0, 0.1) is 11.3 Å². The molecule has 110 valence electrons. The van der Waals surface area contributed by atoms with Gasteiger partial charge in [0.2, 0.25) is 5.91 Å². The van der Waals surface area contributed by atoms with Crippen molar-refractivity contribution in [3.05, 3.63) is 35.9 Å². The number of alkyl halides is 1. The molecule has 1 saturated carbocycles. The fourth-order valence-electron chi connectivity index (χ4n) is 3.07. The van der Waals surface area contributed by atoms with Crippen molar-refractivity contribution in [3.63, 3.8) is 0 Å². The number of carbonyl (C=O) groups is 1. The number of hydrogen-bond acceptors (Lipinski definition) is 1. The van der Waals surface area contributed by atoms with Crippen molar-refractivity contribution in [2.75, 3.05) is 6.54 Å². The molecule has 0 spiro atoms. The van der Waals surface area contributed by atoms with Crippen molar-refractivity contribution in [1.82, 2.24) is 5.32 Å². The van der Waals surface area contributed by atoms with Gasteiger partial charge < -0.3 is 5.32 Å². The molecular formula is C17H24ClNO. The SMILES string of the molecule is CC1(C)CCCCC1C(=O)NCC(Cl)c1ccccc1. The first-order valence-electron chi connectivity index (χ1n) is 7.47. The fraction of sp³-hybridized carbons (Fsp3) is 0.588. The largest absolute Gasteiger partial charge is 0.354 e. The van der Waals surface area contributed by atoms with Gasteiger partial charge in [-0.05, 0) is 23.8 Å². The molecule has 0 radical (unpaired) electrons. The molecule has 1 aromatic carbocycles. The first-order chi connectivity index (χ1) is 9.50. The van der Waals surface area contributed by atoms with E-state index in [-0.39, 0.29) is 22.6 Å². The molecule has 20 heavy (non-hydrogen) atoms. The lowest BCUT2D eigenvalue weighted by Crippen LogP contribution is -2.42. The molecule has 2 unspecified atom stereocenters. The molecule has 2 nitrogen and oxygen atoms in total. The molecule has 1 fully saturated rings. The van der Waals surface area contributed by atoms with E-state index in [0.29, 0.717) is 6.54 Å². The predicted molar refractivity (Wildman–Crippen MR) is 83.8 cm³/mol. The van der Waals surface area contributed by atoms with Crippen LogP contribution in [0.4, 0.5) is 0 Å². The zero-order chi connectivity index (χ0) is 14.6. The topological polar surface area (TPSA) is 29.1 Å². The van der Waals surface area contributed by atoms with Gasteiger partial charge in [-0.25, -0.2) is 0 Å². The third kappa shape index (κ3) is 3.76. The van der Waals surface area contributed by atoms with E-state index < -0.39 is 0 Å². The first kappa shape index (κ1) is 15.4. The monoisotopic (exact) mass is 293 g/mol. The summed E-state index contributed by atoms with van der Waals surface area (Å²) in [5, 5.41) is 2.88. The molecule has 2 rings (SSSR count). The molecule has 0 aromatic heterocycles. The molecule has 1 amide bonds. The van der Waals surface area contributed by atoms with Crippen molar-refractivity contribution in [1.29, 1.82) is 0 Å². The minimum Gasteiger partial charge on any atom is -0.354 e. The van der Waals surface area contributed by atoms with Crippen LogP contribution in [-0.4, -0.2) is 12.5 Å². The van der Waals surface area contributed by atoms with Gasteiger partial charge in [-0.2, -0.15) is 0 Å². The Hall–Kier alpha value is -1.02. The van der Waals surface area contributed by atoms with Gasteiger partial charge in [0.25, 0.3) is 0 Å². The van der Waals surface area contributed by atoms with Gasteiger partial charge >= 0.3 is 0 Å². The molecule has 1 aromatic rings. The average Bonchev–Trinajstić information content (AvgIpc) is 2.45. The molecule has 1 aliphatic carbocycles. The van der Waals surface area contributed by atoms with Gasteiger partial charge in [-0.1, -0.05) is 57.0 Å². The van der Waals surface area contributed by atoms with Gasteiger partial charge in [0, 0.05) is 12.5 Å². The van der Waals surface area contributed by atoms with E-state index in [9.17, 15) is 4.79 Å². The summed E-state index contributed by atoms with van der Waals surface area (Å²) in [7, 11) is 0. The van der Waals surface area contributed by atoms with Crippen LogP contribution in [0.3, 0.4) is 0 Å². The summed E-state index contributed by atoms with van der Waals surface area (Å²) in [6, 6.07) is 9.90. The molecule has 0 bridgehead atoms. The summed E-state index contributed by atoms with van der Waals surface area (Å²) in [5.41, 5.74) is 1.16. The number of hydrogen-bond donors (Lipinski definition) is 1. The average molecular weight is 294 g/mol. The van der Waals surface area contributed by atoms with Crippen LogP contribution < -0.4 is 5.32 Å². The Kier molecular flexibility index (Phi) is 5.09. The molecular weight excluding hydrogens is 270 g/mol. The molecule has 0 heterocycles. The highest BCUT2D eigenvalue weighted by atomic mass is 35.5. The zero-order valence-corrected chi connectivity index (χ0v) is 13.1. The zero-order valence-electron chi connectivity index (χ0n) is 12.4. The highest BCUT2D eigenvalue weighted by Gasteiger charge is 2.37. The minimum atomic E-state index is -0.160. The molecule has 0 aliphatic heterocycles. The lowest BCUT2D eigenvalue weighted by atomic mass is 9.68. The normalized spacial score (nSPS) is 23.1. The first-order valence-corrected chi connectivity index (χ1v) is 7.91. The van der Waals surface area contributed by atoms with E-state index in [1.165, 1.54) is 6.42 Å². The van der Waals surface area contributed by atoms with Crippen molar-refractivity contribution in [2.45, 2.75) is 44.9 Å². The molecule has 3 heteroatoms. The van der Waals surface area contributed by atoms with E-state index in [0.717, 1.165) is 24.8 Å². The maximum absolute atomic E-state index is 12.4. The Morgan fingerprint density at radius 3 is 2.70 bits per heavy atom. The van der Waals surface area contributed by atoms with Crippen LogP contribution in [0.5, 0.6) is 0 Å². The third-order valence-corrected chi connectivity index (χ3v) is 4.85. The number of nitrogens with one attached hydrogen (secondary N) is 1. The minimum absolute atomic E-state index is 0.108. The predicted octanol–water partition coefficient (Wildman–Crippen LogP) is 4.30. The van der Waals surface area contributed by atoms with Gasteiger partial charge in [0.1, 0.15) is 0 Å². The van der Waals surface area contributed by atoms with Crippen LogP contribution in [0.1, 0.15) is 50.5 Å². The number of carbonyl (C=O) groups excluding carboxylic acids is 1. The van der Waals surface area contributed by atoms with Crippen molar-refractivity contribution in [3.8, 4) is 0 Å². The summed E-state index contributed by atoms with van der Waals surface area (Å²) in [6.07, 6.45) is 4.52. The standard InChI is InChI=1S/C17H24ClNO/c1-17(2)11-7-6-10-14(17)16(20)19-12-15(18)13-8-4-3-5-9-13/h3-5,8-9,14-15H,6-7,10-12H2,1-2H3,(H,19,20). The molecule has 1 aliphatic rings. The number of benzene rings is 1. The van der Waals surface area contributed by atoms with E-state index in [4.69, 9.17) is 11.6 Å². The number of amides is 1. The maximum Gasteiger partial charge on any atom is 0.223 e.